The van der Waals surface area contributed by atoms with Crippen molar-refractivity contribution in [1.29, 1.82) is 0 Å². The Morgan fingerprint density at radius 3 is 2.88 bits per heavy atom. The Kier molecular flexibility index (Phi) is 3.89. The molecule has 17 heavy (non-hydrogen) atoms. The molecule has 4 heteroatoms. The van der Waals surface area contributed by atoms with Gasteiger partial charge >= 0.3 is 0 Å². The van der Waals surface area contributed by atoms with Gasteiger partial charge in [-0.2, -0.15) is 0 Å². The maximum absolute atomic E-state index is 10.4. The lowest BCUT2D eigenvalue weighted by atomic mass is 9.79. The van der Waals surface area contributed by atoms with Gasteiger partial charge in [-0.3, -0.25) is 0 Å². The summed E-state index contributed by atoms with van der Waals surface area (Å²) in [6.45, 7) is 2.83. The van der Waals surface area contributed by atoms with Crippen LogP contribution in [0.4, 0.5) is 5.69 Å². The molecule has 3 nitrogen and oxygen atoms in total. The van der Waals surface area contributed by atoms with Gasteiger partial charge in [-0.15, -0.1) is 0 Å². The van der Waals surface area contributed by atoms with Crippen molar-refractivity contribution in [3.05, 3.63) is 23.5 Å². The largest absolute Gasteiger partial charge is 0.388 e. The number of aliphatic hydroxyl groups is 1. The lowest BCUT2D eigenvalue weighted by molar-refractivity contribution is 0.00501. The topological polar surface area (TPSA) is 45.1 Å². The highest BCUT2D eigenvalue weighted by Gasteiger charge is 2.31. The fourth-order valence-corrected chi connectivity index (χ4v) is 2.43. The third kappa shape index (κ3) is 3.58. The third-order valence-electron chi connectivity index (χ3n) is 3.55. The number of hydrogen-bond donors (Lipinski definition) is 2. The number of pyridine rings is 1. The molecule has 0 aromatic carbocycles. The molecule has 0 saturated heterocycles. The molecule has 1 fully saturated rings. The molecule has 0 spiro atoms. The van der Waals surface area contributed by atoms with Crippen LogP contribution in [0.25, 0.3) is 0 Å². The van der Waals surface area contributed by atoms with Gasteiger partial charge in [-0.25, -0.2) is 4.98 Å². The minimum absolute atomic E-state index is 0.472. The highest BCUT2D eigenvalue weighted by atomic mass is 35.5. The van der Waals surface area contributed by atoms with Crippen LogP contribution in [0.3, 0.4) is 0 Å². The summed E-state index contributed by atoms with van der Waals surface area (Å²) < 4.78 is 0. The SMILES string of the molecule is CC1CCC(O)(CNc2ccnc(Cl)c2)CC1. The molecule has 1 aliphatic rings. The number of rotatable bonds is 3. The van der Waals surface area contributed by atoms with E-state index in [-0.39, 0.29) is 0 Å². The molecule has 1 aromatic heterocycles. The number of anilines is 1. The summed E-state index contributed by atoms with van der Waals surface area (Å²) in [5.41, 5.74) is 0.347. The van der Waals surface area contributed by atoms with E-state index in [4.69, 9.17) is 11.6 Å². The summed E-state index contributed by atoms with van der Waals surface area (Å²) in [7, 11) is 0. The Hall–Kier alpha value is -0.800. The maximum atomic E-state index is 10.4. The first-order valence-corrected chi connectivity index (χ1v) is 6.53. The zero-order valence-corrected chi connectivity index (χ0v) is 10.9. The average Bonchev–Trinajstić information content (AvgIpc) is 2.31. The first-order valence-electron chi connectivity index (χ1n) is 6.15. The Labute approximate surface area is 107 Å². The van der Waals surface area contributed by atoms with Crippen LogP contribution in [-0.2, 0) is 0 Å². The number of aromatic nitrogens is 1. The van der Waals surface area contributed by atoms with Gasteiger partial charge in [-0.1, -0.05) is 18.5 Å². The minimum atomic E-state index is -0.567. The second-order valence-electron chi connectivity index (χ2n) is 5.13. The molecule has 2 rings (SSSR count). The van der Waals surface area contributed by atoms with Crippen LogP contribution < -0.4 is 5.32 Å². The normalized spacial score (nSPS) is 29.0. The highest BCUT2D eigenvalue weighted by molar-refractivity contribution is 6.29. The minimum Gasteiger partial charge on any atom is -0.388 e. The van der Waals surface area contributed by atoms with E-state index in [0.29, 0.717) is 11.7 Å². The first kappa shape index (κ1) is 12.7. The van der Waals surface area contributed by atoms with Crippen LogP contribution in [0, 0.1) is 5.92 Å². The van der Waals surface area contributed by atoms with Gasteiger partial charge in [0.15, 0.2) is 0 Å². The quantitative estimate of drug-likeness (QED) is 0.815. The number of nitrogens with zero attached hydrogens (tertiary/aromatic N) is 1. The molecule has 0 bridgehead atoms. The summed E-state index contributed by atoms with van der Waals surface area (Å²) in [5, 5.41) is 14.1. The van der Waals surface area contributed by atoms with Crippen LogP contribution in [-0.4, -0.2) is 22.2 Å². The molecule has 0 atom stereocenters. The van der Waals surface area contributed by atoms with Gasteiger partial charge in [-0.05, 0) is 43.7 Å². The monoisotopic (exact) mass is 254 g/mol. The molecule has 1 heterocycles. The molecule has 0 unspecified atom stereocenters. The van der Waals surface area contributed by atoms with Crippen molar-refractivity contribution in [3.63, 3.8) is 0 Å². The molecular formula is C13H19ClN2O. The average molecular weight is 255 g/mol. The van der Waals surface area contributed by atoms with E-state index in [1.165, 1.54) is 0 Å². The first-order chi connectivity index (χ1) is 8.07. The van der Waals surface area contributed by atoms with Gasteiger partial charge in [0.2, 0.25) is 0 Å². The molecule has 94 valence electrons. The summed E-state index contributed by atoms with van der Waals surface area (Å²) in [6, 6.07) is 3.64. The zero-order chi connectivity index (χ0) is 12.3. The summed E-state index contributed by atoms with van der Waals surface area (Å²) in [6.07, 6.45) is 5.63. The van der Waals surface area contributed by atoms with Crippen molar-refractivity contribution in [2.75, 3.05) is 11.9 Å². The lowest BCUT2D eigenvalue weighted by Crippen LogP contribution is -2.40. The number of halogens is 1. The predicted molar refractivity (Wildman–Crippen MR) is 70.3 cm³/mol. The fraction of sp³-hybridized carbons (Fsp3) is 0.615. The van der Waals surface area contributed by atoms with E-state index in [0.717, 1.165) is 37.3 Å². The zero-order valence-electron chi connectivity index (χ0n) is 10.1. The van der Waals surface area contributed by atoms with Crippen molar-refractivity contribution in [2.45, 2.75) is 38.2 Å². The predicted octanol–water partition coefficient (Wildman–Crippen LogP) is 3.09. The Bertz CT molecular complexity index is 375. The van der Waals surface area contributed by atoms with Gasteiger partial charge in [0, 0.05) is 18.4 Å². The van der Waals surface area contributed by atoms with Crippen molar-refractivity contribution >= 4 is 17.3 Å². The molecule has 0 aliphatic heterocycles. The second-order valence-corrected chi connectivity index (χ2v) is 5.51. The molecular weight excluding hydrogens is 236 g/mol. The Morgan fingerprint density at radius 1 is 1.53 bits per heavy atom. The second kappa shape index (κ2) is 5.23. The standard InChI is InChI=1S/C13H19ClN2O/c1-10-2-5-13(17,6-3-10)9-16-11-4-7-15-12(14)8-11/h4,7-8,10,17H,2-3,5-6,9H2,1H3,(H,15,16). The summed E-state index contributed by atoms with van der Waals surface area (Å²) in [5.74, 6) is 0.741. The Balaban J connectivity index is 1.89. The smallest absolute Gasteiger partial charge is 0.131 e. The van der Waals surface area contributed by atoms with Crippen LogP contribution >= 0.6 is 11.6 Å². The van der Waals surface area contributed by atoms with Crippen molar-refractivity contribution in [1.82, 2.24) is 4.98 Å². The van der Waals surface area contributed by atoms with Crippen LogP contribution in [0.2, 0.25) is 5.15 Å². The molecule has 1 saturated carbocycles. The van der Waals surface area contributed by atoms with Gasteiger partial charge in [0.1, 0.15) is 5.15 Å². The third-order valence-corrected chi connectivity index (χ3v) is 3.76. The summed E-state index contributed by atoms with van der Waals surface area (Å²) in [4.78, 5) is 3.92. The summed E-state index contributed by atoms with van der Waals surface area (Å²) >= 11 is 5.81. The molecule has 2 N–H and O–H groups in total. The van der Waals surface area contributed by atoms with E-state index in [9.17, 15) is 5.11 Å². The van der Waals surface area contributed by atoms with E-state index in [1.807, 2.05) is 6.07 Å². The molecule has 1 aliphatic carbocycles. The van der Waals surface area contributed by atoms with Crippen molar-refractivity contribution in [3.8, 4) is 0 Å². The highest BCUT2D eigenvalue weighted by Crippen LogP contribution is 2.32. The molecule has 0 amide bonds. The Morgan fingerprint density at radius 2 is 2.24 bits per heavy atom. The van der Waals surface area contributed by atoms with E-state index < -0.39 is 5.60 Å². The van der Waals surface area contributed by atoms with Gasteiger partial charge in [0.05, 0.1) is 5.60 Å². The molecule has 0 radical (unpaired) electrons. The van der Waals surface area contributed by atoms with Crippen LogP contribution in [0.15, 0.2) is 18.3 Å². The number of nitrogens with one attached hydrogen (secondary N) is 1. The fourth-order valence-electron chi connectivity index (χ4n) is 2.26. The lowest BCUT2D eigenvalue weighted by Gasteiger charge is -2.35. The van der Waals surface area contributed by atoms with Gasteiger partial charge in [0.25, 0.3) is 0 Å². The van der Waals surface area contributed by atoms with E-state index in [1.54, 1.807) is 12.3 Å². The van der Waals surface area contributed by atoms with E-state index in [2.05, 4.69) is 17.2 Å². The van der Waals surface area contributed by atoms with E-state index >= 15 is 0 Å². The van der Waals surface area contributed by atoms with Crippen LogP contribution in [0.5, 0.6) is 0 Å². The van der Waals surface area contributed by atoms with Crippen LogP contribution in [0.1, 0.15) is 32.6 Å². The number of hydrogen-bond acceptors (Lipinski definition) is 3. The molecule has 1 aromatic rings. The van der Waals surface area contributed by atoms with Crippen molar-refractivity contribution in [2.24, 2.45) is 5.92 Å². The van der Waals surface area contributed by atoms with Gasteiger partial charge < -0.3 is 10.4 Å². The van der Waals surface area contributed by atoms with Crippen molar-refractivity contribution < 1.29 is 5.11 Å². The maximum Gasteiger partial charge on any atom is 0.131 e.